The average Bonchev–Trinajstić information content (AvgIpc) is 3.29. The minimum absolute atomic E-state index is 0.0808. The van der Waals surface area contributed by atoms with Crippen molar-refractivity contribution < 1.29 is 38.1 Å². The molecular formula is C34H53N3O8. The molecule has 1 saturated heterocycles. The first-order chi connectivity index (χ1) is 22.0. The van der Waals surface area contributed by atoms with Crippen LogP contribution in [-0.2, 0) is 28.5 Å². The number of piperidine rings is 1. The molecule has 4 amide bonds. The van der Waals surface area contributed by atoms with Crippen molar-refractivity contribution in [2.24, 2.45) is 0 Å². The Labute approximate surface area is 268 Å². The summed E-state index contributed by atoms with van der Waals surface area (Å²) in [5.74, 6) is -2.10. The van der Waals surface area contributed by atoms with Gasteiger partial charge in [-0.2, -0.15) is 0 Å². The Kier molecular flexibility index (Phi) is 17.7. The number of rotatable bonds is 26. The van der Waals surface area contributed by atoms with E-state index in [-0.39, 0.29) is 24.0 Å². The van der Waals surface area contributed by atoms with Crippen LogP contribution in [0.4, 0.5) is 5.69 Å². The molecule has 0 bridgehead atoms. The zero-order valence-corrected chi connectivity index (χ0v) is 27.1. The number of hydrogen-bond acceptors (Lipinski definition) is 9. The first-order valence-corrected chi connectivity index (χ1v) is 16.9. The minimum atomic E-state index is -0.992. The Morgan fingerprint density at radius 3 is 1.87 bits per heavy atom. The molecule has 2 N–H and O–H groups in total. The van der Waals surface area contributed by atoms with Crippen molar-refractivity contribution in [2.45, 2.75) is 96.4 Å². The number of fused-ring (bicyclic) bond motifs is 1. The van der Waals surface area contributed by atoms with E-state index in [1.54, 1.807) is 18.2 Å². The van der Waals surface area contributed by atoms with E-state index in [1.165, 1.54) is 64.2 Å². The second-order valence-corrected chi connectivity index (χ2v) is 11.6. The number of nitrogens with zero attached hydrogens (tertiary/aromatic N) is 1. The molecule has 0 aromatic heterocycles. The summed E-state index contributed by atoms with van der Waals surface area (Å²) in [4.78, 5) is 50.8. The van der Waals surface area contributed by atoms with Crippen LogP contribution in [0.25, 0.3) is 0 Å². The van der Waals surface area contributed by atoms with Crippen LogP contribution in [0, 0.1) is 0 Å². The molecule has 252 valence electrons. The number of amides is 4. The van der Waals surface area contributed by atoms with Crippen LogP contribution < -0.4 is 10.6 Å². The first kappa shape index (κ1) is 36.6. The van der Waals surface area contributed by atoms with Crippen molar-refractivity contribution in [1.29, 1.82) is 0 Å². The van der Waals surface area contributed by atoms with Crippen molar-refractivity contribution in [2.75, 3.05) is 64.7 Å². The molecule has 0 spiro atoms. The van der Waals surface area contributed by atoms with Crippen molar-refractivity contribution in [3.05, 3.63) is 29.3 Å². The molecule has 3 rings (SSSR count). The topological polar surface area (TPSA) is 132 Å². The zero-order chi connectivity index (χ0) is 32.1. The number of nitrogens with one attached hydrogen (secondary N) is 2. The predicted octanol–water partition coefficient (Wildman–Crippen LogP) is 4.88. The van der Waals surface area contributed by atoms with Gasteiger partial charge in [0, 0.05) is 25.3 Å². The third-order valence-corrected chi connectivity index (χ3v) is 8.04. The molecule has 1 atom stereocenters. The van der Waals surface area contributed by atoms with E-state index >= 15 is 0 Å². The zero-order valence-electron chi connectivity index (χ0n) is 27.1. The molecule has 2 heterocycles. The van der Waals surface area contributed by atoms with Crippen LogP contribution >= 0.6 is 0 Å². The molecule has 11 nitrogen and oxygen atoms in total. The number of imide groups is 2. The lowest BCUT2D eigenvalue weighted by atomic mass is 10.0. The van der Waals surface area contributed by atoms with Crippen molar-refractivity contribution in [3.63, 3.8) is 0 Å². The van der Waals surface area contributed by atoms with E-state index in [4.69, 9.17) is 18.9 Å². The molecule has 2 aliphatic rings. The Bertz CT molecular complexity index is 1070. The van der Waals surface area contributed by atoms with Gasteiger partial charge in [0.15, 0.2) is 0 Å². The lowest BCUT2D eigenvalue weighted by Gasteiger charge is -2.27. The number of anilines is 1. The monoisotopic (exact) mass is 631 g/mol. The number of carbonyl (C=O) groups is 4. The van der Waals surface area contributed by atoms with Crippen LogP contribution in [0.1, 0.15) is 111 Å². The summed E-state index contributed by atoms with van der Waals surface area (Å²) < 4.78 is 22.3. The number of hydrogen-bond donors (Lipinski definition) is 2. The fraction of sp³-hybridized carbons (Fsp3) is 0.706. The summed E-state index contributed by atoms with van der Waals surface area (Å²) in [5.41, 5.74) is 0.970. The van der Waals surface area contributed by atoms with Gasteiger partial charge in [0.25, 0.3) is 11.8 Å². The molecule has 0 saturated carbocycles. The molecule has 1 fully saturated rings. The van der Waals surface area contributed by atoms with Crippen LogP contribution in [0.5, 0.6) is 0 Å². The number of benzene rings is 1. The van der Waals surface area contributed by atoms with Crippen LogP contribution in [0.2, 0.25) is 0 Å². The van der Waals surface area contributed by atoms with Gasteiger partial charge in [-0.05, 0) is 25.0 Å². The molecule has 1 aromatic carbocycles. The molecule has 2 aliphatic heterocycles. The number of unbranched alkanes of at least 4 members (excludes halogenated alkanes) is 10. The number of ether oxygens (including phenoxy) is 4. The SMILES string of the molecule is CCCCCCCCCCCCCOCCOCCOCCOCCNc1cccc2c1C(=O)N(C1CCC(=O)NC1=O)C2=O. The Balaban J connectivity index is 1.12. The Morgan fingerprint density at radius 1 is 0.711 bits per heavy atom. The van der Waals surface area contributed by atoms with Gasteiger partial charge in [-0.15, -0.1) is 0 Å². The van der Waals surface area contributed by atoms with Crippen molar-refractivity contribution in [1.82, 2.24) is 10.2 Å². The predicted molar refractivity (Wildman–Crippen MR) is 171 cm³/mol. The molecular weight excluding hydrogens is 578 g/mol. The van der Waals surface area contributed by atoms with E-state index in [0.717, 1.165) is 17.9 Å². The normalized spacial score (nSPS) is 16.4. The maximum Gasteiger partial charge on any atom is 0.264 e. The van der Waals surface area contributed by atoms with E-state index in [9.17, 15) is 19.2 Å². The van der Waals surface area contributed by atoms with Crippen LogP contribution in [0.3, 0.4) is 0 Å². The first-order valence-electron chi connectivity index (χ1n) is 16.9. The summed E-state index contributed by atoms with van der Waals surface area (Å²) in [5, 5.41) is 5.35. The minimum Gasteiger partial charge on any atom is -0.382 e. The average molecular weight is 632 g/mol. The van der Waals surface area contributed by atoms with E-state index in [0.29, 0.717) is 58.5 Å². The quantitative estimate of drug-likeness (QED) is 0.108. The maximum absolute atomic E-state index is 13.1. The van der Waals surface area contributed by atoms with Crippen molar-refractivity contribution >= 4 is 29.3 Å². The second kappa shape index (κ2) is 21.8. The smallest absolute Gasteiger partial charge is 0.264 e. The lowest BCUT2D eigenvalue weighted by Crippen LogP contribution is -2.54. The van der Waals surface area contributed by atoms with Crippen molar-refractivity contribution in [3.8, 4) is 0 Å². The number of carbonyl (C=O) groups excluding carboxylic acids is 4. The van der Waals surface area contributed by atoms with Gasteiger partial charge in [0.05, 0.1) is 57.4 Å². The maximum atomic E-state index is 13.1. The van der Waals surface area contributed by atoms with Gasteiger partial charge in [0.1, 0.15) is 6.04 Å². The summed E-state index contributed by atoms with van der Waals surface area (Å²) in [6, 6.07) is 3.97. The van der Waals surface area contributed by atoms with Gasteiger partial charge in [-0.3, -0.25) is 29.4 Å². The fourth-order valence-corrected chi connectivity index (χ4v) is 5.55. The van der Waals surface area contributed by atoms with Gasteiger partial charge >= 0.3 is 0 Å². The molecule has 1 aromatic rings. The largest absolute Gasteiger partial charge is 0.382 e. The third-order valence-electron chi connectivity index (χ3n) is 8.04. The highest BCUT2D eigenvalue weighted by molar-refractivity contribution is 6.25. The summed E-state index contributed by atoms with van der Waals surface area (Å²) in [6.45, 7) is 6.85. The lowest BCUT2D eigenvalue weighted by molar-refractivity contribution is -0.136. The van der Waals surface area contributed by atoms with Gasteiger partial charge in [-0.1, -0.05) is 77.2 Å². The fourth-order valence-electron chi connectivity index (χ4n) is 5.55. The Morgan fingerprint density at radius 2 is 1.27 bits per heavy atom. The highest BCUT2D eigenvalue weighted by Gasteiger charge is 2.45. The highest BCUT2D eigenvalue weighted by atomic mass is 16.6. The molecule has 1 unspecified atom stereocenters. The van der Waals surface area contributed by atoms with Crippen LogP contribution in [-0.4, -0.2) is 94.0 Å². The van der Waals surface area contributed by atoms with Gasteiger partial charge in [0.2, 0.25) is 11.8 Å². The molecule has 0 radical (unpaired) electrons. The second-order valence-electron chi connectivity index (χ2n) is 11.6. The molecule has 0 aliphatic carbocycles. The molecule has 11 heteroatoms. The van der Waals surface area contributed by atoms with E-state index < -0.39 is 29.7 Å². The summed E-state index contributed by atoms with van der Waals surface area (Å²) in [7, 11) is 0. The van der Waals surface area contributed by atoms with E-state index in [2.05, 4.69) is 17.6 Å². The summed E-state index contributed by atoms with van der Waals surface area (Å²) >= 11 is 0. The van der Waals surface area contributed by atoms with Crippen LogP contribution in [0.15, 0.2) is 18.2 Å². The van der Waals surface area contributed by atoms with Gasteiger partial charge < -0.3 is 24.3 Å². The Hall–Kier alpha value is -2.86. The highest BCUT2D eigenvalue weighted by Crippen LogP contribution is 2.32. The van der Waals surface area contributed by atoms with E-state index in [1.807, 2.05) is 0 Å². The third kappa shape index (κ3) is 12.8. The summed E-state index contributed by atoms with van der Waals surface area (Å²) in [6.07, 6.45) is 14.8. The standard InChI is InChI=1S/C34H53N3O8/c1-2-3-4-5-6-7-8-9-10-11-12-19-42-21-23-44-25-26-45-24-22-43-20-18-35-28-15-13-14-27-31(28)34(41)37(33(27)40)29-16-17-30(38)36-32(29)39/h13-15,29,35H,2-12,16-26H2,1H3,(H,36,38,39). The van der Waals surface area contributed by atoms with Gasteiger partial charge in [-0.25, -0.2) is 0 Å². The molecule has 45 heavy (non-hydrogen) atoms.